The fourth-order valence-corrected chi connectivity index (χ4v) is 3.13. The fraction of sp³-hybridized carbons (Fsp3) is 0.118. The molecule has 1 aromatic heterocycles. The normalized spacial score (nSPS) is 11.4. The van der Waals surface area contributed by atoms with Crippen LogP contribution in [0.3, 0.4) is 0 Å². The number of carboxylic acids is 1. The molecule has 3 rings (SSSR count). The molecular weight excluding hydrogens is 383 g/mol. The van der Waals surface area contributed by atoms with E-state index in [2.05, 4.69) is 20.1 Å². The molecule has 140 valence electrons. The average molecular weight is 395 g/mol. The lowest BCUT2D eigenvalue weighted by Crippen LogP contribution is -2.16. The predicted molar refractivity (Wildman–Crippen MR) is 91.5 cm³/mol. The van der Waals surface area contributed by atoms with Crippen molar-refractivity contribution in [3.63, 3.8) is 0 Å². The Morgan fingerprint density at radius 1 is 1.04 bits per heavy atom. The van der Waals surface area contributed by atoms with E-state index in [4.69, 9.17) is 5.11 Å². The Balaban J connectivity index is 1.65. The molecule has 3 aromatic rings. The molecule has 0 radical (unpaired) electrons. The number of hydrogen-bond donors (Lipinski definition) is 2. The number of aromatic nitrogens is 3. The van der Waals surface area contributed by atoms with E-state index in [0.29, 0.717) is 10.8 Å². The minimum atomic E-state index is -4.72. The van der Waals surface area contributed by atoms with Crippen molar-refractivity contribution in [3.8, 4) is 16.9 Å². The smallest absolute Gasteiger partial charge is 0.476 e. The van der Waals surface area contributed by atoms with Gasteiger partial charge < -0.3 is 9.84 Å². The zero-order valence-electron chi connectivity index (χ0n) is 13.5. The Bertz CT molecular complexity index is 925. The third-order valence-electron chi connectivity index (χ3n) is 3.47. The zero-order valence-corrected chi connectivity index (χ0v) is 14.3. The molecule has 6 nitrogen and oxygen atoms in total. The van der Waals surface area contributed by atoms with Gasteiger partial charge in [0.1, 0.15) is 5.75 Å². The summed E-state index contributed by atoms with van der Waals surface area (Å²) in [5.41, 5.74) is 2.38. The van der Waals surface area contributed by atoms with Gasteiger partial charge in [-0.2, -0.15) is 5.21 Å². The van der Waals surface area contributed by atoms with Crippen molar-refractivity contribution >= 4 is 17.7 Å². The first-order valence-electron chi connectivity index (χ1n) is 7.54. The number of benzene rings is 2. The molecule has 0 aliphatic carbocycles. The molecule has 0 spiro atoms. The number of halogens is 3. The van der Waals surface area contributed by atoms with E-state index in [-0.39, 0.29) is 11.4 Å². The molecule has 1 heterocycles. The SMILES string of the molecule is O=C(O)c1n[nH]nc1SCc1ccc(-c2ccc(OC(F)(F)F)cc2)cc1. The number of carboxylic acid groups (broad SMARTS) is 1. The standard InChI is InChI=1S/C17H12F3N3O3S/c18-17(19,20)26-13-7-5-12(6-8-13)11-3-1-10(2-4-11)9-27-15-14(16(24)25)21-23-22-15/h1-8H,9H2,(H,24,25)(H,21,22,23). The summed E-state index contributed by atoms with van der Waals surface area (Å²) in [6.07, 6.45) is -4.72. The molecule has 0 fully saturated rings. The first-order chi connectivity index (χ1) is 12.8. The summed E-state index contributed by atoms with van der Waals surface area (Å²) >= 11 is 1.24. The number of rotatable bonds is 6. The molecule has 0 unspecified atom stereocenters. The van der Waals surface area contributed by atoms with Crippen LogP contribution >= 0.6 is 11.8 Å². The van der Waals surface area contributed by atoms with Crippen molar-refractivity contribution in [2.24, 2.45) is 0 Å². The second-order valence-corrected chi connectivity index (χ2v) is 6.30. The second-order valence-electron chi connectivity index (χ2n) is 5.34. The first-order valence-corrected chi connectivity index (χ1v) is 8.52. The number of aromatic carboxylic acids is 1. The van der Waals surface area contributed by atoms with E-state index in [1.165, 1.54) is 23.9 Å². The minimum Gasteiger partial charge on any atom is -0.476 e. The van der Waals surface area contributed by atoms with Crippen molar-refractivity contribution in [1.82, 2.24) is 15.4 Å². The summed E-state index contributed by atoms with van der Waals surface area (Å²) in [6, 6.07) is 13.0. The van der Waals surface area contributed by atoms with E-state index < -0.39 is 12.3 Å². The maximum Gasteiger partial charge on any atom is 0.573 e. The average Bonchev–Trinajstić information content (AvgIpc) is 3.09. The number of ether oxygens (including phenoxy) is 1. The zero-order chi connectivity index (χ0) is 19.4. The van der Waals surface area contributed by atoms with Crippen LogP contribution in [0.15, 0.2) is 53.6 Å². The quantitative estimate of drug-likeness (QED) is 0.603. The highest BCUT2D eigenvalue weighted by Crippen LogP contribution is 2.28. The molecule has 0 amide bonds. The number of hydrogen-bond acceptors (Lipinski definition) is 5. The van der Waals surface area contributed by atoms with Gasteiger partial charge >= 0.3 is 12.3 Å². The highest BCUT2D eigenvalue weighted by Gasteiger charge is 2.30. The summed E-state index contributed by atoms with van der Waals surface area (Å²) in [6.45, 7) is 0. The molecular formula is C17H12F3N3O3S. The highest BCUT2D eigenvalue weighted by molar-refractivity contribution is 7.98. The number of alkyl halides is 3. The summed E-state index contributed by atoms with van der Waals surface area (Å²) in [5.74, 6) is -0.938. The monoisotopic (exact) mass is 395 g/mol. The lowest BCUT2D eigenvalue weighted by atomic mass is 10.0. The van der Waals surface area contributed by atoms with Gasteiger partial charge in [0.2, 0.25) is 5.69 Å². The van der Waals surface area contributed by atoms with Crippen LogP contribution < -0.4 is 4.74 Å². The van der Waals surface area contributed by atoms with Gasteiger partial charge in [0.25, 0.3) is 0 Å². The number of H-pyrrole nitrogens is 1. The van der Waals surface area contributed by atoms with Crippen LogP contribution in [0.4, 0.5) is 13.2 Å². The van der Waals surface area contributed by atoms with Crippen LogP contribution in [0.5, 0.6) is 5.75 Å². The maximum absolute atomic E-state index is 12.2. The van der Waals surface area contributed by atoms with Crippen molar-refractivity contribution in [1.29, 1.82) is 0 Å². The summed E-state index contributed by atoms with van der Waals surface area (Å²) in [7, 11) is 0. The third kappa shape index (κ3) is 5.00. The Hall–Kier alpha value is -3.01. The topological polar surface area (TPSA) is 88.1 Å². The van der Waals surface area contributed by atoms with Crippen LogP contribution in [-0.2, 0) is 5.75 Å². The lowest BCUT2D eigenvalue weighted by Gasteiger charge is -2.09. The molecule has 2 aromatic carbocycles. The third-order valence-corrected chi connectivity index (χ3v) is 4.50. The van der Waals surface area contributed by atoms with Gasteiger partial charge in [0.15, 0.2) is 5.03 Å². The first kappa shape index (κ1) is 18.8. The summed E-state index contributed by atoms with van der Waals surface area (Å²) in [4.78, 5) is 11.0. The molecule has 2 N–H and O–H groups in total. The minimum absolute atomic E-state index is 0.127. The van der Waals surface area contributed by atoms with Gasteiger partial charge in [-0.1, -0.05) is 48.2 Å². The largest absolute Gasteiger partial charge is 0.573 e. The number of nitrogens with zero attached hydrogens (tertiary/aromatic N) is 2. The fourth-order valence-electron chi connectivity index (χ4n) is 2.26. The number of aromatic amines is 1. The molecule has 0 saturated heterocycles. The van der Waals surface area contributed by atoms with E-state index in [9.17, 15) is 18.0 Å². The van der Waals surface area contributed by atoms with E-state index in [1.807, 2.05) is 24.3 Å². The molecule has 0 saturated carbocycles. The van der Waals surface area contributed by atoms with E-state index >= 15 is 0 Å². The van der Waals surface area contributed by atoms with Crippen molar-refractivity contribution in [2.45, 2.75) is 17.1 Å². The lowest BCUT2D eigenvalue weighted by molar-refractivity contribution is -0.274. The molecule has 0 aliphatic heterocycles. The van der Waals surface area contributed by atoms with Gasteiger partial charge in [-0.15, -0.1) is 23.4 Å². The maximum atomic E-state index is 12.2. The number of thioether (sulfide) groups is 1. The molecule has 0 aliphatic rings. The van der Waals surface area contributed by atoms with Crippen LogP contribution in [0, 0.1) is 0 Å². The Labute approximate surface area is 155 Å². The molecule has 0 atom stereocenters. The van der Waals surface area contributed by atoms with Gasteiger partial charge in [-0.05, 0) is 28.8 Å². The van der Waals surface area contributed by atoms with Gasteiger partial charge in [0.05, 0.1) is 0 Å². The van der Waals surface area contributed by atoms with Gasteiger partial charge in [-0.3, -0.25) is 0 Å². The van der Waals surface area contributed by atoms with Gasteiger partial charge in [0, 0.05) is 5.75 Å². The second kappa shape index (κ2) is 7.70. The van der Waals surface area contributed by atoms with Gasteiger partial charge in [-0.25, -0.2) is 4.79 Å². The highest BCUT2D eigenvalue weighted by atomic mass is 32.2. The van der Waals surface area contributed by atoms with Crippen LogP contribution in [-0.4, -0.2) is 32.8 Å². The molecule has 10 heteroatoms. The van der Waals surface area contributed by atoms with Crippen molar-refractivity contribution in [3.05, 3.63) is 59.8 Å². The van der Waals surface area contributed by atoms with Crippen molar-refractivity contribution in [2.75, 3.05) is 0 Å². The molecule has 0 bridgehead atoms. The van der Waals surface area contributed by atoms with Crippen LogP contribution in [0.25, 0.3) is 11.1 Å². The summed E-state index contributed by atoms with van der Waals surface area (Å²) in [5, 5.41) is 18.9. The number of nitrogens with one attached hydrogen (secondary N) is 1. The Morgan fingerprint density at radius 2 is 1.63 bits per heavy atom. The number of carbonyl (C=O) groups is 1. The van der Waals surface area contributed by atoms with Crippen LogP contribution in [0.1, 0.15) is 16.1 Å². The Kier molecular flexibility index (Phi) is 5.36. The van der Waals surface area contributed by atoms with Crippen LogP contribution in [0.2, 0.25) is 0 Å². The van der Waals surface area contributed by atoms with E-state index in [1.54, 1.807) is 12.1 Å². The molecule has 27 heavy (non-hydrogen) atoms. The Morgan fingerprint density at radius 3 is 2.19 bits per heavy atom. The van der Waals surface area contributed by atoms with Crippen molar-refractivity contribution < 1.29 is 27.8 Å². The van der Waals surface area contributed by atoms with E-state index in [0.717, 1.165) is 16.7 Å². The summed E-state index contributed by atoms with van der Waals surface area (Å²) < 4.78 is 40.4. The predicted octanol–water partition coefficient (Wildman–Crippen LogP) is 4.36.